The first kappa shape index (κ1) is 14.5. The van der Waals surface area contributed by atoms with Gasteiger partial charge in [0.05, 0.1) is 10.6 Å². The lowest BCUT2D eigenvalue weighted by Crippen LogP contribution is -2.01. The molecule has 0 unspecified atom stereocenters. The molecule has 0 bridgehead atoms. The van der Waals surface area contributed by atoms with Gasteiger partial charge < -0.3 is 20.8 Å². The molecular weight excluding hydrogens is 272 g/mol. The average molecular weight is 282 g/mol. The van der Waals surface area contributed by atoms with Crippen LogP contribution in [-0.4, -0.2) is 20.5 Å². The Morgan fingerprint density at radius 1 is 1.32 bits per heavy atom. The zero-order valence-electron chi connectivity index (χ0n) is 9.49. The molecule has 0 radical (unpaired) electrons. The molecule has 0 aliphatic rings. The Morgan fingerprint density at radius 3 is 2.58 bits per heavy atom. The van der Waals surface area contributed by atoms with Crippen molar-refractivity contribution in [2.45, 2.75) is 0 Å². The summed E-state index contributed by atoms with van der Waals surface area (Å²) in [5.41, 5.74) is 5.01. The third-order valence-corrected chi connectivity index (χ3v) is 2.72. The van der Waals surface area contributed by atoms with Gasteiger partial charge in [-0.1, -0.05) is 12.1 Å². The van der Waals surface area contributed by atoms with Crippen LogP contribution in [0.1, 0.15) is 0 Å². The van der Waals surface area contributed by atoms with Crippen molar-refractivity contribution in [3.63, 3.8) is 0 Å². The van der Waals surface area contributed by atoms with Crippen LogP contribution >= 0.6 is 11.3 Å². The van der Waals surface area contributed by atoms with Gasteiger partial charge >= 0.3 is 5.82 Å². The summed E-state index contributed by atoms with van der Waals surface area (Å²) in [5, 5.41) is 16.8. The van der Waals surface area contributed by atoms with Crippen LogP contribution in [0.5, 0.6) is 0 Å². The van der Waals surface area contributed by atoms with E-state index in [1.807, 2.05) is 35.2 Å². The molecule has 9 heteroatoms. The van der Waals surface area contributed by atoms with Crippen LogP contribution in [-0.2, 0) is 0 Å². The van der Waals surface area contributed by atoms with Gasteiger partial charge in [-0.3, -0.25) is 0 Å². The molecule has 2 heterocycles. The number of nitrogens with one attached hydrogen (secondary N) is 2. The van der Waals surface area contributed by atoms with Crippen molar-refractivity contribution in [1.82, 2.24) is 9.97 Å². The summed E-state index contributed by atoms with van der Waals surface area (Å²) in [6.45, 7) is 0. The fourth-order valence-electron chi connectivity index (χ4n) is 1.47. The second-order valence-corrected chi connectivity index (χ2v) is 3.99. The van der Waals surface area contributed by atoms with Gasteiger partial charge in [0.2, 0.25) is 0 Å². The van der Waals surface area contributed by atoms with Gasteiger partial charge in [0.15, 0.2) is 16.7 Å². The first-order valence-electron chi connectivity index (χ1n) is 4.87. The first-order chi connectivity index (χ1) is 8.66. The molecule has 0 aliphatic carbocycles. The number of H-pyrrole nitrogens is 2. The van der Waals surface area contributed by atoms with Gasteiger partial charge in [-0.05, 0) is 12.1 Å². The number of rotatable bonds is 1. The van der Waals surface area contributed by atoms with Crippen molar-refractivity contribution in [2.75, 3.05) is 0 Å². The van der Waals surface area contributed by atoms with Crippen LogP contribution in [0.3, 0.4) is 0 Å². The molecular formula is C10H10N4O4S. The molecule has 0 atom stereocenters. The third-order valence-electron chi connectivity index (χ3n) is 2.13. The maximum atomic E-state index is 8.25. The number of aromatic nitrogens is 3. The van der Waals surface area contributed by atoms with Crippen molar-refractivity contribution in [3.8, 4) is 11.5 Å². The number of para-hydroxylation sites is 2. The van der Waals surface area contributed by atoms with Gasteiger partial charge in [0.25, 0.3) is 0 Å². The van der Waals surface area contributed by atoms with E-state index in [0.29, 0.717) is 0 Å². The van der Waals surface area contributed by atoms with Crippen LogP contribution in [0.25, 0.3) is 22.6 Å². The second-order valence-electron chi connectivity index (χ2n) is 3.27. The van der Waals surface area contributed by atoms with E-state index >= 15 is 0 Å². The molecule has 100 valence electrons. The van der Waals surface area contributed by atoms with E-state index in [-0.39, 0.29) is 5.48 Å². The zero-order valence-corrected chi connectivity index (χ0v) is 10.3. The van der Waals surface area contributed by atoms with Crippen molar-refractivity contribution < 1.29 is 15.5 Å². The van der Waals surface area contributed by atoms with E-state index in [9.17, 15) is 0 Å². The Morgan fingerprint density at radius 2 is 2.00 bits per heavy atom. The fraction of sp³-hybridized carbons (Fsp3) is 0. The van der Waals surface area contributed by atoms with Gasteiger partial charge in [0.1, 0.15) is 0 Å². The van der Waals surface area contributed by atoms with Gasteiger partial charge in [-0.2, -0.15) is 0 Å². The van der Waals surface area contributed by atoms with Crippen LogP contribution in [0.4, 0.5) is 0 Å². The Kier molecular flexibility index (Phi) is 4.92. The Balaban J connectivity index is 0.000000323. The van der Waals surface area contributed by atoms with E-state index in [1.165, 1.54) is 0 Å². The highest BCUT2D eigenvalue weighted by Crippen LogP contribution is 2.15. The molecule has 3 aromatic rings. The number of hydrogen-bond acceptors (Lipinski definition) is 5. The molecule has 0 saturated heterocycles. The summed E-state index contributed by atoms with van der Waals surface area (Å²) >= 11 is 1.59. The van der Waals surface area contributed by atoms with Crippen molar-refractivity contribution in [2.24, 2.45) is 0 Å². The molecule has 4 N–H and O–H groups in total. The van der Waals surface area contributed by atoms with Gasteiger partial charge in [-0.25, -0.2) is 15.0 Å². The largest absolute Gasteiger partial charge is 0.412 e. The van der Waals surface area contributed by atoms with E-state index in [4.69, 9.17) is 15.3 Å². The van der Waals surface area contributed by atoms with E-state index < -0.39 is 5.09 Å². The summed E-state index contributed by atoms with van der Waals surface area (Å²) in [6.07, 6.45) is 0. The fourth-order valence-corrected chi connectivity index (χ4v) is 2.01. The van der Waals surface area contributed by atoms with Crippen LogP contribution < -0.4 is 4.98 Å². The second kappa shape index (κ2) is 6.42. The molecule has 0 spiro atoms. The minimum absolute atomic E-state index is 0. The third kappa shape index (κ3) is 3.72. The summed E-state index contributed by atoms with van der Waals surface area (Å²) in [5.74, 6) is 0.965. The molecule has 0 saturated carbocycles. The highest BCUT2D eigenvalue weighted by Gasteiger charge is 2.12. The van der Waals surface area contributed by atoms with Gasteiger partial charge in [-0.15, -0.1) is 11.3 Å². The lowest BCUT2D eigenvalue weighted by Gasteiger charge is -1.77. The van der Waals surface area contributed by atoms with Crippen molar-refractivity contribution in [3.05, 3.63) is 50.5 Å². The predicted octanol–water partition coefficient (Wildman–Crippen LogP) is 1.04. The Labute approximate surface area is 110 Å². The first-order valence-corrected chi connectivity index (χ1v) is 5.81. The number of thiazole rings is 1. The van der Waals surface area contributed by atoms with E-state index in [1.54, 1.807) is 11.3 Å². The number of hydrogen-bond donors (Lipinski definition) is 1. The molecule has 19 heavy (non-hydrogen) atoms. The van der Waals surface area contributed by atoms with Crippen LogP contribution in [0.2, 0.25) is 0 Å². The maximum Gasteiger partial charge on any atom is 0.305 e. The lowest BCUT2D eigenvalue weighted by molar-refractivity contribution is -0.402. The van der Waals surface area contributed by atoms with Crippen molar-refractivity contribution >= 4 is 22.4 Å². The SMILES string of the molecule is O.O=[N+]([O-])[O-].c1ccc2[nH+]c(-c3cscn3)[nH]c2c1. The Hall–Kier alpha value is -2.52. The standard InChI is InChI=1S/C10H7N3S.NO3.H2O/c1-2-4-8-7(3-1)12-10(13-8)9-5-14-6-11-9;2-1(3)4;/h1-6H,(H,12,13);;1H2/q;-1;/p+1. The maximum absolute atomic E-state index is 8.25. The molecule has 0 aliphatic heterocycles. The van der Waals surface area contributed by atoms with Gasteiger partial charge in [0, 0.05) is 5.38 Å². The number of fused-ring (bicyclic) bond motifs is 1. The molecule has 3 rings (SSSR count). The molecule has 1 aromatic carbocycles. The summed E-state index contributed by atoms with van der Waals surface area (Å²) in [4.78, 5) is 19.1. The van der Waals surface area contributed by atoms with E-state index in [2.05, 4.69) is 15.0 Å². The number of nitrogens with zero attached hydrogens (tertiary/aromatic N) is 2. The number of aromatic amines is 2. The monoisotopic (exact) mass is 282 g/mol. The van der Waals surface area contributed by atoms with Crippen molar-refractivity contribution in [1.29, 1.82) is 0 Å². The minimum atomic E-state index is -1.75. The highest BCUT2D eigenvalue weighted by molar-refractivity contribution is 7.07. The quantitative estimate of drug-likeness (QED) is 0.525. The van der Waals surface area contributed by atoms with Crippen LogP contribution in [0, 0.1) is 15.3 Å². The zero-order chi connectivity index (χ0) is 13.0. The molecule has 0 amide bonds. The summed E-state index contributed by atoms with van der Waals surface area (Å²) in [6, 6.07) is 8.11. The van der Waals surface area contributed by atoms with Crippen LogP contribution in [0.15, 0.2) is 35.2 Å². The average Bonchev–Trinajstić information content (AvgIpc) is 2.97. The Bertz CT molecular complexity index is 615. The molecule has 2 aromatic heterocycles. The topological polar surface area (TPSA) is 141 Å². The molecule has 8 nitrogen and oxygen atoms in total. The minimum Gasteiger partial charge on any atom is -0.412 e. The number of imidazole rings is 1. The van der Waals surface area contributed by atoms with E-state index in [0.717, 1.165) is 22.6 Å². The lowest BCUT2D eigenvalue weighted by atomic mass is 10.3. The summed E-state index contributed by atoms with van der Waals surface area (Å²) < 4.78 is 0. The predicted molar refractivity (Wildman–Crippen MR) is 69.9 cm³/mol. The normalized spacial score (nSPS) is 9.26. The molecule has 0 fully saturated rings. The number of benzene rings is 1. The summed E-state index contributed by atoms with van der Waals surface area (Å²) in [7, 11) is 0. The highest BCUT2D eigenvalue weighted by atomic mass is 32.1. The smallest absolute Gasteiger partial charge is 0.305 e.